The summed E-state index contributed by atoms with van der Waals surface area (Å²) < 4.78 is 0. The Balaban J connectivity index is 2.13. The van der Waals surface area contributed by atoms with E-state index in [0.717, 1.165) is 28.5 Å². The third-order valence-electron chi connectivity index (χ3n) is 2.46. The van der Waals surface area contributed by atoms with Crippen LogP contribution in [0.1, 0.15) is 0 Å². The molecule has 0 aromatic carbocycles. The number of hydrogen-bond donors (Lipinski definition) is 1. The molecule has 0 bridgehead atoms. The Morgan fingerprint density at radius 1 is 1.24 bits per heavy atom. The van der Waals surface area contributed by atoms with E-state index in [0.29, 0.717) is 0 Å². The fraction of sp³-hybridized carbons (Fsp3) is 0.182. The van der Waals surface area contributed by atoms with Gasteiger partial charge >= 0.3 is 0 Å². The van der Waals surface area contributed by atoms with Gasteiger partial charge in [0.05, 0.1) is 11.0 Å². The molecule has 0 saturated carbocycles. The number of nitrogens with zero attached hydrogens (tertiary/aromatic N) is 4. The molecule has 0 fully saturated rings. The van der Waals surface area contributed by atoms with Crippen molar-refractivity contribution >= 4 is 28.3 Å². The van der Waals surface area contributed by atoms with Gasteiger partial charge < -0.3 is 9.88 Å². The number of aromatic nitrogens is 4. The van der Waals surface area contributed by atoms with Crippen LogP contribution >= 0.6 is 11.3 Å². The molecule has 3 heterocycles. The first-order valence-corrected chi connectivity index (χ1v) is 6.11. The second kappa shape index (κ2) is 3.81. The molecule has 0 atom stereocenters. The molecule has 0 spiro atoms. The summed E-state index contributed by atoms with van der Waals surface area (Å²) in [5.41, 5.74) is 4.30. The maximum atomic E-state index is 4.46. The van der Waals surface area contributed by atoms with E-state index in [-0.39, 0.29) is 0 Å². The summed E-state index contributed by atoms with van der Waals surface area (Å²) in [5, 5.41) is 1.96. The normalized spacial score (nSPS) is 10.9. The third-order valence-corrected chi connectivity index (χ3v) is 3.05. The second-order valence-corrected chi connectivity index (χ2v) is 4.61. The summed E-state index contributed by atoms with van der Waals surface area (Å²) in [7, 11) is 3.92. The van der Waals surface area contributed by atoms with Crippen molar-refractivity contribution < 1.29 is 0 Å². The van der Waals surface area contributed by atoms with Gasteiger partial charge in [-0.2, -0.15) is 0 Å². The van der Waals surface area contributed by atoms with Crippen molar-refractivity contribution in [1.29, 1.82) is 0 Å². The first-order valence-electron chi connectivity index (χ1n) is 5.17. The molecule has 17 heavy (non-hydrogen) atoms. The van der Waals surface area contributed by atoms with Crippen LogP contribution < -0.4 is 4.90 Å². The van der Waals surface area contributed by atoms with Gasteiger partial charge in [0.15, 0.2) is 11.5 Å². The van der Waals surface area contributed by atoms with Crippen LogP contribution in [-0.4, -0.2) is 34.0 Å². The van der Waals surface area contributed by atoms with Gasteiger partial charge in [0.1, 0.15) is 11.5 Å². The maximum Gasteiger partial charge on any atom is 0.180 e. The highest BCUT2D eigenvalue weighted by Crippen LogP contribution is 2.20. The molecular formula is C11H11N5S. The van der Waals surface area contributed by atoms with E-state index in [2.05, 4.69) is 19.9 Å². The fourth-order valence-electron chi connectivity index (χ4n) is 1.58. The summed E-state index contributed by atoms with van der Waals surface area (Å²) in [6.07, 6.45) is 0. The Hall–Kier alpha value is -1.95. The average Bonchev–Trinajstić information content (AvgIpc) is 2.96. The molecule has 1 N–H and O–H groups in total. The zero-order chi connectivity index (χ0) is 11.8. The monoisotopic (exact) mass is 245 g/mol. The number of imidazole rings is 1. The SMILES string of the molecule is CN(C)c1ccc2[nH]c(-c3cscn3)nc2n1. The van der Waals surface area contributed by atoms with Crippen molar-refractivity contribution in [2.45, 2.75) is 0 Å². The van der Waals surface area contributed by atoms with Crippen molar-refractivity contribution in [1.82, 2.24) is 19.9 Å². The molecule has 86 valence electrons. The molecule has 6 heteroatoms. The highest BCUT2D eigenvalue weighted by atomic mass is 32.1. The summed E-state index contributed by atoms with van der Waals surface area (Å²) in [4.78, 5) is 18.3. The van der Waals surface area contributed by atoms with Crippen LogP contribution in [0.25, 0.3) is 22.7 Å². The summed E-state index contributed by atoms with van der Waals surface area (Å²) in [5.74, 6) is 1.67. The number of H-pyrrole nitrogens is 1. The van der Waals surface area contributed by atoms with Crippen molar-refractivity contribution in [3.05, 3.63) is 23.0 Å². The molecule has 0 radical (unpaired) electrons. The van der Waals surface area contributed by atoms with Crippen LogP contribution in [0.3, 0.4) is 0 Å². The number of rotatable bonds is 2. The number of thiazole rings is 1. The summed E-state index contributed by atoms with van der Waals surface area (Å²) in [6, 6.07) is 3.95. The number of nitrogens with one attached hydrogen (secondary N) is 1. The zero-order valence-electron chi connectivity index (χ0n) is 9.51. The van der Waals surface area contributed by atoms with Crippen LogP contribution in [0, 0.1) is 0 Å². The van der Waals surface area contributed by atoms with E-state index in [1.807, 2.05) is 36.5 Å². The van der Waals surface area contributed by atoms with Gasteiger partial charge in [-0.05, 0) is 12.1 Å². The maximum absolute atomic E-state index is 4.46. The first-order chi connectivity index (χ1) is 8.24. The van der Waals surface area contributed by atoms with Crippen LogP contribution in [0.5, 0.6) is 0 Å². The van der Waals surface area contributed by atoms with Gasteiger partial charge in [0.2, 0.25) is 0 Å². The number of pyridine rings is 1. The Kier molecular flexibility index (Phi) is 2.29. The van der Waals surface area contributed by atoms with E-state index in [4.69, 9.17) is 0 Å². The molecule has 0 aliphatic carbocycles. The largest absolute Gasteiger partial charge is 0.363 e. The van der Waals surface area contributed by atoms with Crippen molar-refractivity contribution in [3.63, 3.8) is 0 Å². The van der Waals surface area contributed by atoms with E-state index in [1.165, 1.54) is 0 Å². The Labute approximate surface area is 102 Å². The number of anilines is 1. The van der Waals surface area contributed by atoms with E-state index in [1.54, 1.807) is 16.8 Å². The zero-order valence-corrected chi connectivity index (χ0v) is 10.3. The van der Waals surface area contributed by atoms with Gasteiger partial charge in [0.25, 0.3) is 0 Å². The predicted octanol–water partition coefficient (Wildman–Crippen LogP) is 2.15. The lowest BCUT2D eigenvalue weighted by Gasteiger charge is -2.09. The summed E-state index contributed by atoms with van der Waals surface area (Å²) in [6.45, 7) is 0. The molecule has 3 aromatic heterocycles. The van der Waals surface area contributed by atoms with E-state index in [9.17, 15) is 0 Å². The van der Waals surface area contributed by atoms with Gasteiger partial charge in [0, 0.05) is 19.5 Å². The van der Waals surface area contributed by atoms with Crippen molar-refractivity contribution in [2.75, 3.05) is 19.0 Å². The van der Waals surface area contributed by atoms with E-state index < -0.39 is 0 Å². The standard InChI is InChI=1S/C11H11N5S/c1-16(2)9-4-3-7-10(14-9)15-11(13-7)8-5-17-6-12-8/h3-6H,1-2H3,(H,13,14,15). The molecule has 3 aromatic rings. The first kappa shape index (κ1) is 10.2. The number of hydrogen-bond acceptors (Lipinski definition) is 5. The molecular weight excluding hydrogens is 234 g/mol. The fourth-order valence-corrected chi connectivity index (χ4v) is 2.12. The van der Waals surface area contributed by atoms with Crippen LogP contribution in [0.4, 0.5) is 5.82 Å². The van der Waals surface area contributed by atoms with Gasteiger partial charge in [-0.25, -0.2) is 15.0 Å². The van der Waals surface area contributed by atoms with E-state index >= 15 is 0 Å². The average molecular weight is 245 g/mol. The van der Waals surface area contributed by atoms with Crippen molar-refractivity contribution in [2.24, 2.45) is 0 Å². The lowest BCUT2D eigenvalue weighted by molar-refractivity contribution is 1.08. The molecule has 0 amide bonds. The van der Waals surface area contributed by atoms with Crippen LogP contribution in [-0.2, 0) is 0 Å². The number of fused-ring (bicyclic) bond motifs is 1. The molecule has 0 aliphatic heterocycles. The summed E-state index contributed by atoms with van der Waals surface area (Å²) >= 11 is 1.55. The lowest BCUT2D eigenvalue weighted by atomic mass is 10.4. The highest BCUT2D eigenvalue weighted by molar-refractivity contribution is 7.07. The van der Waals surface area contributed by atoms with Gasteiger partial charge in [-0.3, -0.25) is 0 Å². The topological polar surface area (TPSA) is 57.7 Å². The van der Waals surface area contributed by atoms with Crippen LogP contribution in [0.15, 0.2) is 23.0 Å². The predicted molar refractivity (Wildman–Crippen MR) is 69.3 cm³/mol. The molecule has 5 nitrogen and oxygen atoms in total. The minimum absolute atomic E-state index is 0.721. The molecule has 0 unspecified atom stereocenters. The van der Waals surface area contributed by atoms with Gasteiger partial charge in [-0.15, -0.1) is 11.3 Å². The minimum atomic E-state index is 0.721. The minimum Gasteiger partial charge on any atom is -0.363 e. The Morgan fingerprint density at radius 3 is 2.82 bits per heavy atom. The van der Waals surface area contributed by atoms with Crippen LogP contribution in [0.2, 0.25) is 0 Å². The second-order valence-electron chi connectivity index (χ2n) is 3.89. The quantitative estimate of drug-likeness (QED) is 0.751. The molecule has 0 saturated heterocycles. The lowest BCUT2D eigenvalue weighted by Crippen LogP contribution is -2.10. The number of aromatic amines is 1. The Morgan fingerprint density at radius 2 is 2.12 bits per heavy atom. The smallest absolute Gasteiger partial charge is 0.180 e. The molecule has 3 rings (SSSR count). The van der Waals surface area contributed by atoms with Crippen molar-refractivity contribution in [3.8, 4) is 11.5 Å². The highest BCUT2D eigenvalue weighted by Gasteiger charge is 2.08. The van der Waals surface area contributed by atoms with Gasteiger partial charge in [-0.1, -0.05) is 0 Å². The third kappa shape index (κ3) is 1.76. The molecule has 0 aliphatic rings. The Bertz CT molecular complexity index is 641.